The fourth-order valence-corrected chi connectivity index (χ4v) is 2.83. The lowest BCUT2D eigenvalue weighted by molar-refractivity contribution is -0.138. The molecule has 29 heavy (non-hydrogen) atoms. The van der Waals surface area contributed by atoms with Crippen molar-refractivity contribution < 1.29 is 24.5 Å². The molecule has 148 valence electrons. The van der Waals surface area contributed by atoms with Gasteiger partial charge in [-0.2, -0.15) is 0 Å². The van der Waals surface area contributed by atoms with Crippen LogP contribution in [0.15, 0.2) is 78.9 Å². The minimum Gasteiger partial charge on any atom is -0.508 e. The Morgan fingerprint density at radius 2 is 1.55 bits per heavy atom. The third kappa shape index (κ3) is 5.59. The highest BCUT2D eigenvalue weighted by Crippen LogP contribution is 2.26. The minimum absolute atomic E-state index is 0.163. The molecular weight excluding hydrogens is 370 g/mol. The Bertz CT molecular complexity index is 970. The standard InChI is InChI=1S/C23H21NO5/c25-18-13-10-16(11-14-18)12-15-20(22(26)27)24-19-8-4-5-9-21(19)29-23(28)17-6-2-1-3-7-17/h1-11,13-14,20,24-25H,12,15H2,(H,26,27)/t20-/m0/s1. The van der Waals surface area contributed by atoms with Crippen molar-refractivity contribution in [2.45, 2.75) is 18.9 Å². The molecule has 0 aliphatic rings. The molecule has 3 N–H and O–H groups in total. The predicted octanol–water partition coefficient (Wildman–Crippen LogP) is 4.11. The smallest absolute Gasteiger partial charge is 0.343 e. The van der Waals surface area contributed by atoms with E-state index in [1.165, 1.54) is 0 Å². The van der Waals surface area contributed by atoms with E-state index in [1.807, 2.05) is 0 Å². The Hall–Kier alpha value is -3.80. The van der Waals surface area contributed by atoms with Crippen LogP contribution in [0.2, 0.25) is 0 Å². The number of anilines is 1. The molecule has 0 aliphatic carbocycles. The highest BCUT2D eigenvalue weighted by Gasteiger charge is 2.20. The first-order chi connectivity index (χ1) is 14.0. The number of esters is 1. The highest BCUT2D eigenvalue weighted by atomic mass is 16.5. The Labute approximate surface area is 168 Å². The average Bonchev–Trinajstić information content (AvgIpc) is 2.74. The van der Waals surface area contributed by atoms with E-state index in [1.54, 1.807) is 78.9 Å². The van der Waals surface area contributed by atoms with Gasteiger partial charge in [-0.25, -0.2) is 9.59 Å². The summed E-state index contributed by atoms with van der Waals surface area (Å²) in [4.78, 5) is 24.1. The average molecular weight is 391 g/mol. The van der Waals surface area contributed by atoms with Crippen LogP contribution in [0.3, 0.4) is 0 Å². The summed E-state index contributed by atoms with van der Waals surface area (Å²) < 4.78 is 5.47. The van der Waals surface area contributed by atoms with Gasteiger partial charge in [0.25, 0.3) is 0 Å². The fraction of sp³-hybridized carbons (Fsp3) is 0.130. The van der Waals surface area contributed by atoms with E-state index < -0.39 is 18.0 Å². The number of phenols is 1. The van der Waals surface area contributed by atoms with E-state index in [0.29, 0.717) is 24.1 Å². The number of hydrogen-bond acceptors (Lipinski definition) is 5. The van der Waals surface area contributed by atoms with E-state index in [4.69, 9.17) is 4.74 Å². The summed E-state index contributed by atoms with van der Waals surface area (Å²) in [6.07, 6.45) is 0.831. The first kappa shape index (κ1) is 19.9. The van der Waals surface area contributed by atoms with Gasteiger partial charge in [-0.1, -0.05) is 42.5 Å². The van der Waals surface area contributed by atoms with Crippen LogP contribution in [0.1, 0.15) is 22.3 Å². The highest BCUT2D eigenvalue weighted by molar-refractivity contribution is 5.92. The van der Waals surface area contributed by atoms with Crippen molar-refractivity contribution in [1.82, 2.24) is 0 Å². The Balaban J connectivity index is 1.70. The molecule has 0 heterocycles. The van der Waals surface area contributed by atoms with E-state index in [9.17, 15) is 19.8 Å². The van der Waals surface area contributed by atoms with Crippen molar-refractivity contribution >= 4 is 17.6 Å². The van der Waals surface area contributed by atoms with Gasteiger partial charge in [-0.3, -0.25) is 0 Å². The summed E-state index contributed by atoms with van der Waals surface area (Å²) in [5, 5.41) is 21.9. The summed E-state index contributed by atoms with van der Waals surface area (Å²) in [6.45, 7) is 0. The molecule has 0 amide bonds. The number of carboxylic acid groups (broad SMARTS) is 1. The van der Waals surface area contributed by atoms with Gasteiger partial charge in [-0.05, 0) is 54.8 Å². The molecule has 0 radical (unpaired) electrons. The number of aliphatic carboxylic acids is 1. The number of benzene rings is 3. The van der Waals surface area contributed by atoms with Gasteiger partial charge in [-0.15, -0.1) is 0 Å². The van der Waals surface area contributed by atoms with E-state index >= 15 is 0 Å². The summed E-state index contributed by atoms with van der Waals surface area (Å²) in [6, 6.07) is 21.1. The van der Waals surface area contributed by atoms with Crippen LogP contribution in [0.5, 0.6) is 11.5 Å². The van der Waals surface area contributed by atoms with Gasteiger partial charge in [0.1, 0.15) is 11.8 Å². The van der Waals surface area contributed by atoms with E-state index in [2.05, 4.69) is 5.32 Å². The molecule has 0 aromatic heterocycles. The largest absolute Gasteiger partial charge is 0.508 e. The second-order valence-electron chi connectivity index (χ2n) is 6.49. The van der Waals surface area contributed by atoms with Gasteiger partial charge >= 0.3 is 11.9 Å². The first-order valence-corrected chi connectivity index (χ1v) is 9.16. The summed E-state index contributed by atoms with van der Waals surface area (Å²) in [5.74, 6) is -1.10. The maximum absolute atomic E-state index is 12.3. The van der Waals surface area contributed by atoms with Crippen molar-refractivity contribution in [3.05, 3.63) is 90.0 Å². The maximum Gasteiger partial charge on any atom is 0.343 e. The van der Waals surface area contributed by atoms with Crippen molar-refractivity contribution in [1.29, 1.82) is 0 Å². The molecule has 0 fully saturated rings. The number of nitrogens with one attached hydrogen (secondary N) is 1. The molecule has 0 bridgehead atoms. The number of aromatic hydroxyl groups is 1. The van der Waals surface area contributed by atoms with Crippen LogP contribution in [0, 0.1) is 0 Å². The van der Waals surface area contributed by atoms with Crippen molar-refractivity contribution in [3.63, 3.8) is 0 Å². The molecule has 0 unspecified atom stereocenters. The van der Waals surface area contributed by atoms with Crippen molar-refractivity contribution in [3.8, 4) is 11.5 Å². The van der Waals surface area contributed by atoms with Gasteiger partial charge in [0.05, 0.1) is 11.3 Å². The van der Waals surface area contributed by atoms with Crippen LogP contribution < -0.4 is 10.1 Å². The molecule has 3 aromatic carbocycles. The number of phenolic OH excluding ortho intramolecular Hbond substituents is 1. The van der Waals surface area contributed by atoms with Crippen molar-refractivity contribution in [2.75, 3.05) is 5.32 Å². The number of ether oxygens (including phenoxy) is 1. The fourth-order valence-electron chi connectivity index (χ4n) is 2.83. The lowest BCUT2D eigenvalue weighted by Crippen LogP contribution is -2.30. The van der Waals surface area contributed by atoms with Gasteiger partial charge in [0, 0.05) is 0 Å². The minimum atomic E-state index is -1.01. The Morgan fingerprint density at radius 1 is 0.897 bits per heavy atom. The molecule has 0 spiro atoms. The molecule has 0 saturated heterocycles. The molecule has 0 saturated carbocycles. The zero-order valence-corrected chi connectivity index (χ0v) is 15.6. The normalized spacial score (nSPS) is 11.4. The summed E-state index contributed by atoms with van der Waals surface area (Å²) >= 11 is 0. The lowest BCUT2D eigenvalue weighted by Gasteiger charge is -2.18. The third-order valence-corrected chi connectivity index (χ3v) is 4.39. The van der Waals surface area contributed by atoms with Crippen LogP contribution >= 0.6 is 0 Å². The molecule has 6 heteroatoms. The molecule has 0 aliphatic heterocycles. The molecule has 3 aromatic rings. The third-order valence-electron chi connectivity index (χ3n) is 4.39. The first-order valence-electron chi connectivity index (χ1n) is 9.16. The van der Waals surface area contributed by atoms with Gasteiger partial charge < -0.3 is 20.3 Å². The zero-order valence-electron chi connectivity index (χ0n) is 15.6. The quantitative estimate of drug-likeness (QED) is 0.395. The number of para-hydroxylation sites is 2. The second-order valence-corrected chi connectivity index (χ2v) is 6.49. The monoisotopic (exact) mass is 391 g/mol. The SMILES string of the molecule is O=C(Oc1ccccc1N[C@@H](CCc1ccc(O)cc1)C(=O)O)c1ccccc1. The Morgan fingerprint density at radius 3 is 2.24 bits per heavy atom. The van der Waals surface area contributed by atoms with Gasteiger partial charge in [0.2, 0.25) is 0 Å². The van der Waals surface area contributed by atoms with E-state index in [-0.39, 0.29) is 11.5 Å². The van der Waals surface area contributed by atoms with Crippen LogP contribution in [0.4, 0.5) is 5.69 Å². The molecule has 6 nitrogen and oxygen atoms in total. The molecule has 1 atom stereocenters. The lowest BCUT2D eigenvalue weighted by atomic mass is 10.0. The number of carbonyl (C=O) groups is 2. The van der Waals surface area contributed by atoms with Crippen LogP contribution in [-0.4, -0.2) is 28.2 Å². The molecule has 3 rings (SSSR count). The van der Waals surface area contributed by atoms with Crippen LogP contribution in [-0.2, 0) is 11.2 Å². The van der Waals surface area contributed by atoms with E-state index in [0.717, 1.165) is 5.56 Å². The number of aryl methyl sites for hydroxylation is 1. The van der Waals surface area contributed by atoms with Crippen LogP contribution in [0.25, 0.3) is 0 Å². The molecular formula is C23H21NO5. The topological polar surface area (TPSA) is 95.9 Å². The summed E-state index contributed by atoms with van der Waals surface area (Å²) in [5.41, 5.74) is 1.75. The number of rotatable bonds is 8. The summed E-state index contributed by atoms with van der Waals surface area (Å²) in [7, 11) is 0. The maximum atomic E-state index is 12.3. The number of hydrogen-bond donors (Lipinski definition) is 3. The zero-order chi connectivity index (χ0) is 20.6. The van der Waals surface area contributed by atoms with Crippen molar-refractivity contribution in [2.24, 2.45) is 0 Å². The number of carboxylic acids is 1. The second kappa shape index (κ2) is 9.41. The van der Waals surface area contributed by atoms with Gasteiger partial charge in [0.15, 0.2) is 5.75 Å². The Kier molecular flexibility index (Phi) is 6.47. The predicted molar refractivity (Wildman–Crippen MR) is 109 cm³/mol. The number of carbonyl (C=O) groups excluding carboxylic acids is 1.